The molecule has 0 aliphatic carbocycles. The Morgan fingerprint density at radius 2 is 1.03 bits per heavy atom. The third kappa shape index (κ3) is 31.6. The van der Waals surface area contributed by atoms with Crippen molar-refractivity contribution in [2.75, 3.05) is 6.61 Å². The molecular weight excluding hydrogens is 452 g/mol. The summed E-state index contributed by atoms with van der Waals surface area (Å²) in [4.78, 5) is 0. The topological polar surface area (TPSA) is 40.5 Å². The fourth-order valence-corrected chi connectivity index (χ4v) is 3.99. The van der Waals surface area contributed by atoms with Crippen LogP contribution in [0.15, 0.2) is 24.3 Å². The monoisotopic (exact) mass is 504 g/mol. The Morgan fingerprint density at radius 3 is 1.57 bits per heavy atom. The van der Waals surface area contributed by atoms with E-state index in [0.717, 1.165) is 38.5 Å². The van der Waals surface area contributed by atoms with Gasteiger partial charge in [-0.05, 0) is 62.5 Å². The van der Waals surface area contributed by atoms with Gasteiger partial charge in [-0.25, -0.2) is 0 Å². The minimum absolute atomic E-state index is 0.103. The molecular formula is C35H52O2. The fraction of sp³-hybridized carbons (Fsp3) is 0.657. The van der Waals surface area contributed by atoms with Crippen molar-refractivity contribution in [2.45, 2.75) is 141 Å². The molecule has 0 aliphatic heterocycles. The second-order valence-corrected chi connectivity index (χ2v) is 9.61. The van der Waals surface area contributed by atoms with Crippen molar-refractivity contribution in [2.24, 2.45) is 0 Å². The summed E-state index contributed by atoms with van der Waals surface area (Å²) >= 11 is 0. The van der Waals surface area contributed by atoms with Crippen molar-refractivity contribution in [1.82, 2.24) is 0 Å². The number of rotatable bonds is 22. The molecule has 0 bridgehead atoms. The van der Waals surface area contributed by atoms with Crippen molar-refractivity contribution in [3.05, 3.63) is 24.3 Å². The number of hydrogen-bond acceptors (Lipinski definition) is 2. The van der Waals surface area contributed by atoms with Gasteiger partial charge in [0.1, 0.15) is 12.7 Å². The van der Waals surface area contributed by atoms with Gasteiger partial charge in [0.25, 0.3) is 0 Å². The molecule has 0 aliphatic rings. The SMILES string of the molecule is C#CC(O)C=CCCCCCCCC#CC=CCCCCCCCCCCCCCCC#CC#CCO. The van der Waals surface area contributed by atoms with Gasteiger partial charge in [0, 0.05) is 12.8 Å². The lowest BCUT2D eigenvalue weighted by Gasteiger charge is -2.02. The van der Waals surface area contributed by atoms with Gasteiger partial charge in [-0.3, -0.25) is 0 Å². The van der Waals surface area contributed by atoms with Crippen LogP contribution in [0.3, 0.4) is 0 Å². The Bertz CT molecular complexity index is 779. The van der Waals surface area contributed by atoms with E-state index in [4.69, 9.17) is 11.5 Å². The number of hydrogen-bond donors (Lipinski definition) is 2. The molecule has 0 saturated heterocycles. The summed E-state index contributed by atoms with van der Waals surface area (Å²) in [6.07, 6.45) is 38.5. The number of allylic oxidation sites excluding steroid dienone is 3. The number of aliphatic hydroxyl groups excluding tert-OH is 2. The summed E-state index contributed by atoms with van der Waals surface area (Å²) in [7, 11) is 0. The zero-order chi connectivity index (χ0) is 26.9. The normalized spacial score (nSPS) is 11.3. The van der Waals surface area contributed by atoms with Crippen LogP contribution in [0.1, 0.15) is 135 Å². The van der Waals surface area contributed by atoms with Gasteiger partial charge in [0.15, 0.2) is 0 Å². The average molecular weight is 505 g/mol. The molecule has 0 aromatic heterocycles. The van der Waals surface area contributed by atoms with Crippen LogP contribution >= 0.6 is 0 Å². The van der Waals surface area contributed by atoms with Crippen molar-refractivity contribution in [1.29, 1.82) is 0 Å². The van der Waals surface area contributed by atoms with Gasteiger partial charge < -0.3 is 10.2 Å². The first-order valence-electron chi connectivity index (χ1n) is 14.8. The summed E-state index contributed by atoms with van der Waals surface area (Å²) < 4.78 is 0. The molecule has 37 heavy (non-hydrogen) atoms. The van der Waals surface area contributed by atoms with Gasteiger partial charge in [-0.15, -0.1) is 6.42 Å². The van der Waals surface area contributed by atoms with Crippen molar-refractivity contribution in [3.63, 3.8) is 0 Å². The molecule has 0 aromatic carbocycles. The van der Waals surface area contributed by atoms with E-state index in [0.29, 0.717) is 0 Å². The zero-order valence-electron chi connectivity index (χ0n) is 23.4. The van der Waals surface area contributed by atoms with Crippen LogP contribution in [0.2, 0.25) is 0 Å². The number of terminal acetylenes is 1. The highest BCUT2D eigenvalue weighted by Gasteiger charge is 1.94. The van der Waals surface area contributed by atoms with Gasteiger partial charge in [-0.2, -0.15) is 0 Å². The van der Waals surface area contributed by atoms with Gasteiger partial charge in [-0.1, -0.05) is 125 Å². The smallest absolute Gasteiger partial charge is 0.133 e. The van der Waals surface area contributed by atoms with Crippen LogP contribution in [0.5, 0.6) is 0 Å². The van der Waals surface area contributed by atoms with E-state index >= 15 is 0 Å². The standard InChI is InChI=1S/C35H52O2/c1-2-35(37)33-31-29-27-25-23-21-19-17-15-13-11-9-7-5-3-4-6-8-10-12-14-16-18-20-22-24-26-28-30-32-34-36/h1,9,11,31,33,35-37H,3-8,10,12,14,16-25,27,29,34H2. The molecule has 0 radical (unpaired) electrons. The molecule has 0 fully saturated rings. The highest BCUT2D eigenvalue weighted by atomic mass is 16.3. The van der Waals surface area contributed by atoms with E-state index in [9.17, 15) is 5.11 Å². The van der Waals surface area contributed by atoms with Crippen molar-refractivity contribution >= 4 is 0 Å². The number of unbranched alkanes of at least 4 members (excludes halogenated alkanes) is 19. The summed E-state index contributed by atoms with van der Waals surface area (Å²) in [5.74, 6) is 19.7. The first-order chi connectivity index (χ1) is 18.3. The lowest BCUT2D eigenvalue weighted by molar-refractivity contribution is 0.280. The van der Waals surface area contributed by atoms with Gasteiger partial charge >= 0.3 is 0 Å². The molecule has 0 heterocycles. The molecule has 2 nitrogen and oxygen atoms in total. The van der Waals surface area contributed by atoms with Crippen molar-refractivity contribution < 1.29 is 10.2 Å². The van der Waals surface area contributed by atoms with E-state index in [1.807, 2.05) is 12.2 Å². The molecule has 0 saturated carbocycles. The van der Waals surface area contributed by atoms with Gasteiger partial charge in [0.05, 0.1) is 0 Å². The molecule has 0 spiro atoms. The van der Waals surface area contributed by atoms with Crippen LogP contribution in [0, 0.1) is 47.9 Å². The zero-order valence-corrected chi connectivity index (χ0v) is 23.4. The second-order valence-electron chi connectivity index (χ2n) is 9.61. The average Bonchev–Trinajstić information content (AvgIpc) is 2.91. The molecule has 2 heteroatoms. The summed E-state index contributed by atoms with van der Waals surface area (Å²) in [5.41, 5.74) is 0. The molecule has 1 unspecified atom stereocenters. The predicted octanol–water partition coefficient (Wildman–Crippen LogP) is 8.29. The van der Waals surface area contributed by atoms with E-state index in [1.54, 1.807) is 6.08 Å². The molecule has 0 rings (SSSR count). The Balaban J connectivity index is 3.28. The van der Waals surface area contributed by atoms with Crippen LogP contribution in [-0.2, 0) is 0 Å². The lowest BCUT2D eigenvalue weighted by Crippen LogP contribution is -1.95. The Kier molecular flexibility index (Phi) is 29.6. The second kappa shape index (κ2) is 31.7. The van der Waals surface area contributed by atoms with Crippen LogP contribution < -0.4 is 0 Å². The first-order valence-corrected chi connectivity index (χ1v) is 14.8. The predicted molar refractivity (Wildman–Crippen MR) is 160 cm³/mol. The summed E-state index contributed by atoms with van der Waals surface area (Å²) in [6, 6.07) is 0. The van der Waals surface area contributed by atoms with Crippen LogP contribution in [0.4, 0.5) is 0 Å². The quantitative estimate of drug-likeness (QED) is 0.0884. The Labute approximate surface area is 229 Å². The minimum Gasteiger partial charge on any atom is -0.384 e. The van der Waals surface area contributed by atoms with Gasteiger partial charge in [0.2, 0.25) is 0 Å². The minimum atomic E-state index is -0.733. The molecule has 2 N–H and O–H groups in total. The Morgan fingerprint density at radius 1 is 0.568 bits per heavy atom. The largest absolute Gasteiger partial charge is 0.384 e. The first kappa shape index (κ1) is 34.6. The molecule has 0 amide bonds. The maximum absolute atomic E-state index is 9.22. The third-order valence-corrected chi connectivity index (χ3v) is 6.21. The van der Waals surface area contributed by atoms with E-state index in [-0.39, 0.29) is 6.61 Å². The van der Waals surface area contributed by atoms with E-state index in [1.165, 1.54) is 96.3 Å². The maximum atomic E-state index is 9.22. The summed E-state index contributed by atoms with van der Waals surface area (Å²) in [6.45, 7) is -0.103. The fourth-order valence-electron chi connectivity index (χ4n) is 3.99. The van der Waals surface area contributed by atoms with Crippen LogP contribution in [-0.4, -0.2) is 22.9 Å². The summed E-state index contributed by atoms with van der Waals surface area (Å²) in [5, 5.41) is 17.7. The third-order valence-electron chi connectivity index (χ3n) is 6.21. The maximum Gasteiger partial charge on any atom is 0.133 e. The highest BCUT2D eigenvalue weighted by Crippen LogP contribution is 2.13. The van der Waals surface area contributed by atoms with Crippen molar-refractivity contribution in [3.8, 4) is 47.9 Å². The van der Waals surface area contributed by atoms with Crippen LogP contribution in [0.25, 0.3) is 0 Å². The highest BCUT2D eigenvalue weighted by molar-refractivity contribution is 5.25. The van der Waals surface area contributed by atoms with E-state index in [2.05, 4.69) is 47.5 Å². The Hall–Kier alpha value is -2.36. The van der Waals surface area contributed by atoms with E-state index < -0.39 is 6.10 Å². The molecule has 0 aromatic rings. The lowest BCUT2D eigenvalue weighted by atomic mass is 10.0. The number of aliphatic hydroxyl groups is 2. The molecule has 1 atom stereocenters. The molecule has 204 valence electrons.